The quantitative estimate of drug-likeness (QED) is 0.651. The molecule has 1 aromatic heterocycles. The second kappa shape index (κ2) is 6.13. The Kier molecular flexibility index (Phi) is 4.40. The minimum Gasteiger partial charge on any atom is -0.466 e. The molecule has 0 amide bonds. The molecule has 25 heavy (non-hydrogen) atoms. The summed E-state index contributed by atoms with van der Waals surface area (Å²) in [4.78, 5) is 25.0. The van der Waals surface area contributed by atoms with Gasteiger partial charge >= 0.3 is 5.97 Å². The van der Waals surface area contributed by atoms with Crippen LogP contribution >= 0.6 is 0 Å². The summed E-state index contributed by atoms with van der Waals surface area (Å²) < 4.78 is 11.4. The van der Waals surface area contributed by atoms with Crippen molar-refractivity contribution in [3.05, 3.63) is 34.8 Å². The van der Waals surface area contributed by atoms with E-state index in [1.54, 1.807) is 6.26 Å². The molecule has 1 fully saturated rings. The van der Waals surface area contributed by atoms with Crippen LogP contribution in [0.25, 0.3) is 0 Å². The Morgan fingerprint density at radius 1 is 1.44 bits per heavy atom. The number of furan rings is 1. The minimum atomic E-state index is -0.998. The number of rotatable bonds is 2. The molecular formula is C20H26O5. The van der Waals surface area contributed by atoms with Gasteiger partial charge in [-0.3, -0.25) is 4.79 Å². The highest BCUT2D eigenvalue weighted by Gasteiger charge is 2.61. The van der Waals surface area contributed by atoms with Crippen molar-refractivity contribution in [2.24, 2.45) is 17.3 Å². The number of aliphatic hydroxyl groups is 1. The summed E-state index contributed by atoms with van der Waals surface area (Å²) in [5, 5.41) is 10.9. The van der Waals surface area contributed by atoms with Crippen LogP contribution in [0.15, 0.2) is 22.3 Å². The lowest BCUT2D eigenvalue weighted by molar-refractivity contribution is -0.180. The van der Waals surface area contributed by atoms with Gasteiger partial charge in [0.2, 0.25) is 0 Å². The molecule has 5 nitrogen and oxygen atoms in total. The van der Waals surface area contributed by atoms with Crippen molar-refractivity contribution in [3.8, 4) is 0 Å². The highest BCUT2D eigenvalue weighted by atomic mass is 16.5. The van der Waals surface area contributed by atoms with Gasteiger partial charge in [-0.15, -0.1) is 0 Å². The molecule has 1 aromatic rings. The zero-order valence-electron chi connectivity index (χ0n) is 15.5. The van der Waals surface area contributed by atoms with Crippen molar-refractivity contribution in [1.29, 1.82) is 0 Å². The van der Waals surface area contributed by atoms with E-state index < -0.39 is 29.5 Å². The SMILES string of the molecule is CC(C)=CC(=O)O[C@@H]1c2c(C)coc2[C@H](O)[C@H]2C(=O)CC[C@H](C)[C@@]12C. The number of fused-ring (bicyclic) bond motifs is 2. The summed E-state index contributed by atoms with van der Waals surface area (Å²) in [5.41, 5.74) is 1.72. The minimum absolute atomic E-state index is 0.0102. The Balaban J connectivity index is 2.15. The summed E-state index contributed by atoms with van der Waals surface area (Å²) >= 11 is 0. The maximum absolute atomic E-state index is 12.7. The van der Waals surface area contributed by atoms with Crippen molar-refractivity contribution >= 4 is 11.8 Å². The number of carbonyl (C=O) groups is 2. The van der Waals surface area contributed by atoms with E-state index in [-0.39, 0.29) is 11.7 Å². The van der Waals surface area contributed by atoms with Gasteiger partial charge in [0, 0.05) is 23.5 Å². The number of ketones is 1. The Morgan fingerprint density at radius 3 is 2.76 bits per heavy atom. The molecule has 3 rings (SSSR count). The fraction of sp³-hybridized carbons (Fsp3) is 0.600. The predicted octanol–water partition coefficient (Wildman–Crippen LogP) is 3.81. The van der Waals surface area contributed by atoms with Crippen molar-refractivity contribution in [2.75, 3.05) is 0 Å². The van der Waals surface area contributed by atoms with Crippen molar-refractivity contribution < 1.29 is 23.8 Å². The van der Waals surface area contributed by atoms with Crippen molar-refractivity contribution in [1.82, 2.24) is 0 Å². The number of hydrogen-bond acceptors (Lipinski definition) is 5. The summed E-state index contributed by atoms with van der Waals surface area (Å²) in [6.07, 6.45) is 2.56. The number of carbonyl (C=O) groups excluding carboxylic acids is 2. The van der Waals surface area contributed by atoms with Gasteiger partial charge in [-0.1, -0.05) is 19.4 Å². The first-order chi connectivity index (χ1) is 11.7. The highest BCUT2D eigenvalue weighted by Crippen LogP contribution is 2.61. The maximum Gasteiger partial charge on any atom is 0.331 e. The van der Waals surface area contributed by atoms with Gasteiger partial charge in [0.25, 0.3) is 0 Å². The predicted molar refractivity (Wildman–Crippen MR) is 91.7 cm³/mol. The van der Waals surface area contributed by atoms with E-state index in [2.05, 4.69) is 6.92 Å². The van der Waals surface area contributed by atoms with Gasteiger partial charge in [-0.05, 0) is 38.7 Å². The van der Waals surface area contributed by atoms with E-state index in [1.165, 1.54) is 6.08 Å². The number of esters is 1. The fourth-order valence-electron chi connectivity index (χ4n) is 4.49. The first kappa shape index (κ1) is 17.9. The Labute approximate surface area is 148 Å². The Morgan fingerprint density at radius 2 is 2.12 bits per heavy atom. The lowest BCUT2D eigenvalue weighted by Crippen LogP contribution is -2.53. The third kappa shape index (κ3) is 2.65. The number of aryl methyl sites for hydroxylation is 1. The van der Waals surface area contributed by atoms with Gasteiger partial charge in [-0.2, -0.15) is 0 Å². The van der Waals surface area contributed by atoms with Crippen LogP contribution in [0.5, 0.6) is 0 Å². The van der Waals surface area contributed by atoms with E-state index in [0.717, 1.165) is 17.6 Å². The van der Waals surface area contributed by atoms with E-state index in [4.69, 9.17) is 9.15 Å². The van der Waals surface area contributed by atoms with Crippen LogP contribution in [0, 0.1) is 24.2 Å². The van der Waals surface area contributed by atoms with E-state index in [0.29, 0.717) is 17.7 Å². The monoisotopic (exact) mass is 346 g/mol. The number of Topliss-reactive ketones (excluding diaryl/α,β-unsaturated/α-hetero) is 1. The molecule has 0 spiro atoms. The van der Waals surface area contributed by atoms with Gasteiger partial charge in [0.1, 0.15) is 23.8 Å². The Bertz CT molecular complexity index is 739. The second-order valence-electron chi connectivity index (χ2n) is 7.93. The van der Waals surface area contributed by atoms with E-state index in [1.807, 2.05) is 27.7 Å². The van der Waals surface area contributed by atoms with Crippen LogP contribution in [0.2, 0.25) is 0 Å². The molecule has 0 unspecified atom stereocenters. The third-order valence-corrected chi connectivity index (χ3v) is 6.01. The second-order valence-corrected chi connectivity index (χ2v) is 7.93. The summed E-state index contributed by atoms with van der Waals surface area (Å²) in [6.45, 7) is 9.55. The van der Waals surface area contributed by atoms with Crippen LogP contribution in [0.4, 0.5) is 0 Å². The lowest BCUT2D eigenvalue weighted by Gasteiger charge is -2.53. The first-order valence-electron chi connectivity index (χ1n) is 8.82. The molecule has 1 N–H and O–H groups in total. The largest absolute Gasteiger partial charge is 0.466 e. The Hall–Kier alpha value is -1.88. The molecule has 2 aliphatic carbocycles. The molecule has 0 radical (unpaired) electrons. The third-order valence-electron chi connectivity index (χ3n) is 6.01. The van der Waals surface area contributed by atoms with Gasteiger partial charge in [-0.25, -0.2) is 4.79 Å². The lowest BCUT2D eigenvalue weighted by atomic mass is 9.53. The number of aliphatic hydroxyl groups excluding tert-OH is 1. The molecule has 1 saturated carbocycles. The molecule has 0 bridgehead atoms. The smallest absolute Gasteiger partial charge is 0.331 e. The average molecular weight is 346 g/mol. The first-order valence-corrected chi connectivity index (χ1v) is 8.82. The molecule has 136 valence electrons. The van der Waals surface area contributed by atoms with Crippen LogP contribution in [0.3, 0.4) is 0 Å². The number of hydrogen-bond donors (Lipinski definition) is 1. The maximum atomic E-state index is 12.7. The van der Waals surface area contributed by atoms with Gasteiger partial charge < -0.3 is 14.3 Å². The van der Waals surface area contributed by atoms with Gasteiger partial charge in [0.15, 0.2) is 0 Å². The van der Waals surface area contributed by atoms with E-state index >= 15 is 0 Å². The van der Waals surface area contributed by atoms with Crippen molar-refractivity contribution in [3.63, 3.8) is 0 Å². The normalized spacial score (nSPS) is 34.1. The van der Waals surface area contributed by atoms with Crippen LogP contribution < -0.4 is 0 Å². The van der Waals surface area contributed by atoms with Crippen molar-refractivity contribution in [2.45, 2.75) is 59.7 Å². The summed E-state index contributed by atoms with van der Waals surface area (Å²) in [6, 6.07) is 0. The molecule has 0 saturated heterocycles. The molecule has 2 aliphatic rings. The summed E-state index contributed by atoms with van der Waals surface area (Å²) in [7, 11) is 0. The topological polar surface area (TPSA) is 76.7 Å². The van der Waals surface area contributed by atoms with Crippen LogP contribution in [-0.4, -0.2) is 16.9 Å². The zero-order chi connectivity index (χ0) is 18.5. The number of ether oxygens (including phenoxy) is 1. The average Bonchev–Trinajstić information content (AvgIpc) is 2.89. The van der Waals surface area contributed by atoms with Crippen LogP contribution in [0.1, 0.15) is 69.6 Å². The van der Waals surface area contributed by atoms with Crippen LogP contribution in [-0.2, 0) is 14.3 Å². The zero-order valence-corrected chi connectivity index (χ0v) is 15.5. The molecule has 0 aliphatic heterocycles. The fourth-order valence-corrected chi connectivity index (χ4v) is 4.49. The highest BCUT2D eigenvalue weighted by molar-refractivity contribution is 5.85. The molecule has 0 aromatic carbocycles. The standard InChI is InChI=1S/C20H26O5/c1-10(2)8-14(22)25-19-15-11(3)9-24-18(15)17(23)16-13(21)7-6-12(4)20(16,19)5/h8-9,12,16-17,19,23H,6-7H2,1-5H3/t12-,16+,17+,19+,20+/m0/s1. The molecule has 5 heteroatoms. The van der Waals surface area contributed by atoms with E-state index in [9.17, 15) is 14.7 Å². The van der Waals surface area contributed by atoms with Gasteiger partial charge in [0.05, 0.1) is 12.2 Å². The summed E-state index contributed by atoms with van der Waals surface area (Å²) in [5.74, 6) is -0.567. The molecule has 5 atom stereocenters. The molecular weight excluding hydrogens is 320 g/mol. The number of allylic oxidation sites excluding steroid dienone is 1. The molecule has 1 heterocycles.